The lowest BCUT2D eigenvalue weighted by Gasteiger charge is -2.45. The molecule has 0 bridgehead atoms. The first-order chi connectivity index (χ1) is 7.17. The molecule has 2 rings (SSSR count). The molecule has 0 aromatic heterocycles. The zero-order chi connectivity index (χ0) is 10.9. The van der Waals surface area contributed by atoms with Crippen LogP contribution in [-0.4, -0.2) is 30.3 Å². The molecule has 1 aliphatic carbocycles. The van der Waals surface area contributed by atoms with Gasteiger partial charge in [-0.3, -0.25) is 4.79 Å². The predicted octanol–water partition coefficient (Wildman–Crippen LogP) is 0.995. The molecule has 15 heavy (non-hydrogen) atoms. The molecule has 86 valence electrons. The number of carboxylic acids is 1. The number of hydrogen-bond acceptors (Lipinski definition) is 3. The van der Waals surface area contributed by atoms with Gasteiger partial charge in [0.1, 0.15) is 5.41 Å². The zero-order valence-corrected chi connectivity index (χ0v) is 8.95. The maximum Gasteiger partial charge on any atom is 0.315 e. The summed E-state index contributed by atoms with van der Waals surface area (Å²) in [5, 5.41) is 9.22. The average Bonchev–Trinajstić information content (AvgIpc) is 2.16. The Labute approximate surface area is 89.8 Å². The number of hydrogen-bond donors (Lipinski definition) is 2. The second-order valence-electron chi connectivity index (χ2n) is 4.88. The van der Waals surface area contributed by atoms with Gasteiger partial charge in [0, 0.05) is 6.04 Å². The third kappa shape index (κ3) is 1.76. The lowest BCUT2D eigenvalue weighted by Crippen LogP contribution is -2.62. The average molecular weight is 213 g/mol. The van der Waals surface area contributed by atoms with Crippen LogP contribution in [0.2, 0.25) is 0 Å². The normalized spacial score (nSPS) is 28.1. The first kappa shape index (κ1) is 10.9. The Morgan fingerprint density at radius 2 is 1.93 bits per heavy atom. The summed E-state index contributed by atoms with van der Waals surface area (Å²) in [6, 6.07) is -0.232. The minimum atomic E-state index is -0.790. The van der Waals surface area contributed by atoms with Gasteiger partial charge in [-0.05, 0) is 18.8 Å². The van der Waals surface area contributed by atoms with E-state index >= 15 is 0 Å². The molecule has 0 aromatic rings. The van der Waals surface area contributed by atoms with Gasteiger partial charge in [-0.25, -0.2) is 0 Å². The number of nitrogens with two attached hydrogens (primary N) is 1. The molecular weight excluding hydrogens is 194 g/mol. The summed E-state index contributed by atoms with van der Waals surface area (Å²) in [6.45, 7) is 0.583. The largest absolute Gasteiger partial charge is 0.481 e. The molecule has 1 aliphatic heterocycles. The van der Waals surface area contributed by atoms with Crippen molar-refractivity contribution in [2.75, 3.05) is 13.2 Å². The van der Waals surface area contributed by atoms with Crippen molar-refractivity contribution >= 4 is 5.97 Å². The number of ether oxygens (including phenoxy) is 1. The third-order valence-electron chi connectivity index (χ3n) is 3.94. The number of aliphatic carboxylic acids is 1. The standard InChI is InChI=1S/C11H19NO3/c12-9(8-4-2-1-3-5-8)11(10(13)14)6-15-7-11/h8-9H,1-7,12H2,(H,13,14). The monoisotopic (exact) mass is 213 g/mol. The van der Waals surface area contributed by atoms with E-state index in [0.29, 0.717) is 19.1 Å². The van der Waals surface area contributed by atoms with Gasteiger partial charge in [0.25, 0.3) is 0 Å². The third-order valence-corrected chi connectivity index (χ3v) is 3.94. The Kier molecular flexibility index (Phi) is 2.98. The summed E-state index contributed by atoms with van der Waals surface area (Å²) < 4.78 is 5.05. The van der Waals surface area contributed by atoms with Gasteiger partial charge in [-0.2, -0.15) is 0 Å². The van der Waals surface area contributed by atoms with Crippen molar-refractivity contribution in [1.29, 1.82) is 0 Å². The Morgan fingerprint density at radius 1 is 1.33 bits per heavy atom. The van der Waals surface area contributed by atoms with E-state index in [0.717, 1.165) is 12.8 Å². The van der Waals surface area contributed by atoms with E-state index in [9.17, 15) is 9.90 Å². The summed E-state index contributed by atoms with van der Waals surface area (Å²) in [4.78, 5) is 11.2. The SMILES string of the molecule is NC(C1CCCCC1)C1(C(=O)O)COC1. The molecule has 1 saturated heterocycles. The van der Waals surface area contributed by atoms with Crippen LogP contribution in [-0.2, 0) is 9.53 Å². The fraction of sp³-hybridized carbons (Fsp3) is 0.909. The molecule has 0 amide bonds. The van der Waals surface area contributed by atoms with Crippen LogP contribution in [0, 0.1) is 11.3 Å². The van der Waals surface area contributed by atoms with E-state index < -0.39 is 11.4 Å². The van der Waals surface area contributed by atoms with Crippen LogP contribution in [0.3, 0.4) is 0 Å². The smallest absolute Gasteiger partial charge is 0.315 e. The fourth-order valence-corrected chi connectivity index (χ4v) is 2.72. The molecule has 3 N–H and O–H groups in total. The Bertz CT molecular complexity index is 244. The van der Waals surface area contributed by atoms with Crippen LogP contribution in [0.4, 0.5) is 0 Å². The van der Waals surface area contributed by atoms with Crippen LogP contribution in [0.5, 0.6) is 0 Å². The summed E-state index contributed by atoms with van der Waals surface area (Å²) in [6.07, 6.45) is 5.80. The van der Waals surface area contributed by atoms with E-state index in [2.05, 4.69) is 0 Å². The Morgan fingerprint density at radius 3 is 2.33 bits per heavy atom. The number of rotatable bonds is 3. The van der Waals surface area contributed by atoms with Crippen LogP contribution < -0.4 is 5.73 Å². The highest BCUT2D eigenvalue weighted by molar-refractivity contribution is 5.77. The highest BCUT2D eigenvalue weighted by Gasteiger charge is 2.53. The van der Waals surface area contributed by atoms with Crippen molar-refractivity contribution in [2.24, 2.45) is 17.1 Å². The second-order valence-corrected chi connectivity index (χ2v) is 4.88. The summed E-state index contributed by atoms with van der Waals surface area (Å²) in [5.41, 5.74) is 5.34. The van der Waals surface area contributed by atoms with Gasteiger partial charge in [-0.1, -0.05) is 19.3 Å². The van der Waals surface area contributed by atoms with Crippen molar-refractivity contribution < 1.29 is 14.6 Å². The minimum absolute atomic E-state index is 0.232. The van der Waals surface area contributed by atoms with E-state index in [1.54, 1.807) is 0 Å². The number of carbonyl (C=O) groups is 1. The molecule has 1 atom stereocenters. The van der Waals surface area contributed by atoms with Gasteiger partial charge in [0.05, 0.1) is 13.2 Å². The van der Waals surface area contributed by atoms with Crippen LogP contribution in [0.25, 0.3) is 0 Å². The molecular formula is C11H19NO3. The molecule has 2 fully saturated rings. The predicted molar refractivity (Wildman–Crippen MR) is 55.4 cm³/mol. The van der Waals surface area contributed by atoms with Crippen molar-refractivity contribution in [2.45, 2.75) is 38.1 Å². The first-order valence-electron chi connectivity index (χ1n) is 5.73. The van der Waals surface area contributed by atoms with Gasteiger partial charge in [0.15, 0.2) is 0 Å². The molecule has 4 heteroatoms. The number of carboxylic acid groups (broad SMARTS) is 1. The lowest BCUT2D eigenvalue weighted by atomic mass is 9.69. The molecule has 4 nitrogen and oxygen atoms in total. The quantitative estimate of drug-likeness (QED) is 0.733. The highest BCUT2D eigenvalue weighted by Crippen LogP contribution is 2.39. The molecule has 0 spiro atoms. The highest BCUT2D eigenvalue weighted by atomic mass is 16.5. The zero-order valence-electron chi connectivity index (χ0n) is 8.95. The van der Waals surface area contributed by atoms with Crippen molar-refractivity contribution in [3.63, 3.8) is 0 Å². The Balaban J connectivity index is 2.04. The first-order valence-corrected chi connectivity index (χ1v) is 5.73. The lowest BCUT2D eigenvalue weighted by molar-refractivity contribution is -0.187. The van der Waals surface area contributed by atoms with E-state index in [4.69, 9.17) is 10.5 Å². The maximum absolute atomic E-state index is 11.2. The molecule has 0 radical (unpaired) electrons. The van der Waals surface area contributed by atoms with Crippen molar-refractivity contribution in [1.82, 2.24) is 0 Å². The van der Waals surface area contributed by atoms with E-state index in [1.807, 2.05) is 0 Å². The topological polar surface area (TPSA) is 72.6 Å². The summed E-state index contributed by atoms with van der Waals surface area (Å²) in [5.74, 6) is -0.412. The fourth-order valence-electron chi connectivity index (χ4n) is 2.72. The minimum Gasteiger partial charge on any atom is -0.481 e. The van der Waals surface area contributed by atoms with Crippen molar-refractivity contribution in [3.8, 4) is 0 Å². The molecule has 2 aliphatic rings. The van der Waals surface area contributed by atoms with E-state index in [-0.39, 0.29) is 6.04 Å². The van der Waals surface area contributed by atoms with Crippen LogP contribution in [0.1, 0.15) is 32.1 Å². The van der Waals surface area contributed by atoms with Gasteiger partial charge in [-0.15, -0.1) is 0 Å². The second kappa shape index (κ2) is 4.10. The summed E-state index contributed by atoms with van der Waals surface area (Å²) in [7, 11) is 0. The van der Waals surface area contributed by atoms with Gasteiger partial charge >= 0.3 is 5.97 Å². The van der Waals surface area contributed by atoms with E-state index in [1.165, 1.54) is 19.3 Å². The maximum atomic E-state index is 11.2. The Hall–Kier alpha value is -0.610. The summed E-state index contributed by atoms with van der Waals surface area (Å²) >= 11 is 0. The molecule has 1 saturated carbocycles. The van der Waals surface area contributed by atoms with Crippen molar-refractivity contribution in [3.05, 3.63) is 0 Å². The van der Waals surface area contributed by atoms with Gasteiger partial charge < -0.3 is 15.6 Å². The van der Waals surface area contributed by atoms with Crippen LogP contribution in [0.15, 0.2) is 0 Å². The van der Waals surface area contributed by atoms with Gasteiger partial charge in [0.2, 0.25) is 0 Å². The van der Waals surface area contributed by atoms with Crippen LogP contribution >= 0.6 is 0 Å². The molecule has 0 aromatic carbocycles. The molecule has 1 unspecified atom stereocenters. The molecule has 1 heterocycles.